The maximum Gasteiger partial charge on any atom is 0.246 e. The van der Waals surface area contributed by atoms with Crippen LogP contribution >= 0.6 is 0 Å². The Morgan fingerprint density at radius 3 is 2.11 bits per heavy atom. The van der Waals surface area contributed by atoms with Gasteiger partial charge in [-0.05, 0) is 32.1 Å². The van der Waals surface area contributed by atoms with Crippen LogP contribution in [0.1, 0.15) is 31.7 Å². The van der Waals surface area contributed by atoms with Gasteiger partial charge in [0.1, 0.15) is 4.90 Å². The Balaban J connectivity index is 2.42. The molecule has 19 heavy (non-hydrogen) atoms. The highest BCUT2D eigenvalue weighted by atomic mass is 32.2. The van der Waals surface area contributed by atoms with E-state index in [1.165, 1.54) is 0 Å². The smallest absolute Gasteiger partial charge is 0.246 e. The van der Waals surface area contributed by atoms with E-state index in [1.54, 1.807) is 23.0 Å². The molecule has 0 saturated carbocycles. The normalized spacial score (nSPS) is 25.7. The third kappa shape index (κ3) is 2.56. The third-order valence-electron chi connectivity index (χ3n) is 3.88. The van der Waals surface area contributed by atoms with E-state index in [1.807, 2.05) is 6.92 Å². The number of sulfonamides is 1. The van der Waals surface area contributed by atoms with Gasteiger partial charge in [-0.1, -0.05) is 13.8 Å². The highest BCUT2D eigenvalue weighted by molar-refractivity contribution is 7.89. The molecular formula is C13H23N3O2S. The molecule has 0 amide bonds. The molecule has 5 nitrogen and oxygen atoms in total. The van der Waals surface area contributed by atoms with E-state index >= 15 is 0 Å². The van der Waals surface area contributed by atoms with Crippen LogP contribution in [-0.4, -0.2) is 35.6 Å². The minimum absolute atomic E-state index is 0.385. The molecule has 1 aliphatic rings. The van der Waals surface area contributed by atoms with Crippen LogP contribution in [0.4, 0.5) is 0 Å². The third-order valence-corrected chi connectivity index (χ3v) is 5.96. The summed E-state index contributed by atoms with van der Waals surface area (Å²) in [7, 11) is -1.64. The summed E-state index contributed by atoms with van der Waals surface area (Å²) in [5, 5.41) is 4.22. The zero-order valence-electron chi connectivity index (χ0n) is 12.3. The molecule has 1 saturated heterocycles. The molecule has 1 aliphatic heterocycles. The average Bonchev–Trinajstić information content (AvgIpc) is 2.51. The van der Waals surface area contributed by atoms with Crippen LogP contribution in [0.5, 0.6) is 0 Å². The molecule has 0 spiro atoms. The number of rotatable bonds is 2. The largest absolute Gasteiger partial charge is 0.271 e. The summed E-state index contributed by atoms with van der Waals surface area (Å²) < 4.78 is 28.9. The fourth-order valence-corrected chi connectivity index (χ4v) is 5.14. The van der Waals surface area contributed by atoms with E-state index in [0.29, 0.717) is 41.2 Å². The summed E-state index contributed by atoms with van der Waals surface area (Å²) in [6, 6.07) is 0. The van der Waals surface area contributed by atoms with E-state index in [4.69, 9.17) is 0 Å². The quantitative estimate of drug-likeness (QED) is 0.831. The van der Waals surface area contributed by atoms with Crippen molar-refractivity contribution in [3.8, 4) is 0 Å². The molecule has 2 rings (SSSR count). The Labute approximate surface area is 115 Å². The van der Waals surface area contributed by atoms with Gasteiger partial charge >= 0.3 is 0 Å². The highest BCUT2D eigenvalue weighted by Gasteiger charge is 2.34. The van der Waals surface area contributed by atoms with Crippen molar-refractivity contribution in [3.63, 3.8) is 0 Å². The van der Waals surface area contributed by atoms with Crippen molar-refractivity contribution >= 4 is 10.0 Å². The minimum Gasteiger partial charge on any atom is -0.271 e. The molecule has 1 aromatic rings. The number of piperidine rings is 1. The van der Waals surface area contributed by atoms with Crippen LogP contribution in [0.3, 0.4) is 0 Å². The van der Waals surface area contributed by atoms with E-state index in [0.717, 1.165) is 6.42 Å². The van der Waals surface area contributed by atoms with Crippen molar-refractivity contribution in [2.45, 2.75) is 39.0 Å². The summed E-state index contributed by atoms with van der Waals surface area (Å²) in [4.78, 5) is 0.385. The highest BCUT2D eigenvalue weighted by Crippen LogP contribution is 2.29. The van der Waals surface area contributed by atoms with Crippen molar-refractivity contribution in [2.24, 2.45) is 18.9 Å². The molecule has 0 radical (unpaired) electrons. The van der Waals surface area contributed by atoms with Crippen molar-refractivity contribution in [1.82, 2.24) is 14.1 Å². The van der Waals surface area contributed by atoms with Gasteiger partial charge < -0.3 is 0 Å². The van der Waals surface area contributed by atoms with Crippen LogP contribution in [-0.2, 0) is 17.1 Å². The first-order chi connectivity index (χ1) is 8.73. The molecule has 2 unspecified atom stereocenters. The van der Waals surface area contributed by atoms with Crippen LogP contribution in [0.2, 0.25) is 0 Å². The summed E-state index contributed by atoms with van der Waals surface area (Å²) in [5.41, 5.74) is 1.30. The van der Waals surface area contributed by atoms with Gasteiger partial charge in [0.15, 0.2) is 0 Å². The van der Waals surface area contributed by atoms with E-state index in [2.05, 4.69) is 18.9 Å². The second-order valence-corrected chi connectivity index (χ2v) is 7.77. The number of nitrogens with zero attached hydrogens (tertiary/aromatic N) is 3. The SMILES string of the molecule is Cc1nn(C)c(C)c1S(=O)(=O)N1CC(C)CC(C)C1. The lowest BCUT2D eigenvalue weighted by molar-refractivity contribution is 0.222. The fraction of sp³-hybridized carbons (Fsp3) is 0.769. The van der Waals surface area contributed by atoms with Crippen LogP contribution in [0.15, 0.2) is 4.90 Å². The van der Waals surface area contributed by atoms with Gasteiger partial charge in [0.2, 0.25) is 10.0 Å². The Morgan fingerprint density at radius 1 is 1.16 bits per heavy atom. The summed E-state index contributed by atoms with van der Waals surface area (Å²) in [6.45, 7) is 9.02. The van der Waals surface area contributed by atoms with Gasteiger partial charge in [-0.25, -0.2) is 8.42 Å². The lowest BCUT2D eigenvalue weighted by Gasteiger charge is -2.34. The van der Waals surface area contributed by atoms with Crippen molar-refractivity contribution in [3.05, 3.63) is 11.4 Å². The van der Waals surface area contributed by atoms with Crippen LogP contribution in [0, 0.1) is 25.7 Å². The monoisotopic (exact) mass is 285 g/mol. The first-order valence-corrected chi connectivity index (χ1v) is 8.17. The standard InChI is InChI=1S/C13H23N3O2S/c1-9-6-10(2)8-16(7-9)19(17,18)13-11(3)14-15(5)12(13)4/h9-10H,6-8H2,1-5H3. The van der Waals surface area contributed by atoms with Crippen LogP contribution in [0.25, 0.3) is 0 Å². The lowest BCUT2D eigenvalue weighted by atomic mass is 9.94. The molecule has 0 bridgehead atoms. The lowest BCUT2D eigenvalue weighted by Crippen LogP contribution is -2.42. The summed E-state index contributed by atoms with van der Waals surface area (Å²) in [5.74, 6) is 0.826. The second kappa shape index (κ2) is 4.90. The van der Waals surface area contributed by atoms with E-state index in [-0.39, 0.29) is 0 Å². The Hall–Kier alpha value is -0.880. The number of aromatic nitrogens is 2. The molecule has 108 valence electrons. The average molecular weight is 285 g/mol. The van der Waals surface area contributed by atoms with Crippen molar-refractivity contribution < 1.29 is 8.42 Å². The van der Waals surface area contributed by atoms with E-state index in [9.17, 15) is 8.42 Å². The molecule has 0 aliphatic carbocycles. The zero-order valence-corrected chi connectivity index (χ0v) is 13.2. The molecule has 0 N–H and O–H groups in total. The Kier molecular flexibility index (Phi) is 3.75. The van der Waals surface area contributed by atoms with Gasteiger partial charge in [-0.3, -0.25) is 4.68 Å². The first kappa shape index (κ1) is 14.5. The topological polar surface area (TPSA) is 55.2 Å². The van der Waals surface area contributed by atoms with Crippen LogP contribution < -0.4 is 0 Å². The number of hydrogen-bond acceptors (Lipinski definition) is 3. The van der Waals surface area contributed by atoms with Gasteiger partial charge in [0, 0.05) is 20.1 Å². The van der Waals surface area contributed by atoms with Gasteiger partial charge in [0.05, 0.1) is 11.4 Å². The second-order valence-electron chi connectivity index (χ2n) is 5.89. The van der Waals surface area contributed by atoms with Gasteiger partial charge in [-0.2, -0.15) is 9.40 Å². The number of aryl methyl sites for hydroxylation is 2. The molecular weight excluding hydrogens is 262 g/mol. The molecule has 2 atom stereocenters. The Bertz CT molecular complexity index is 567. The fourth-order valence-electron chi connectivity index (χ4n) is 3.06. The Morgan fingerprint density at radius 2 is 1.68 bits per heavy atom. The molecule has 6 heteroatoms. The van der Waals surface area contributed by atoms with Crippen molar-refractivity contribution in [1.29, 1.82) is 0 Å². The molecule has 0 aromatic carbocycles. The number of hydrogen-bond donors (Lipinski definition) is 0. The molecule has 1 fully saturated rings. The van der Waals surface area contributed by atoms with Gasteiger partial charge in [-0.15, -0.1) is 0 Å². The minimum atomic E-state index is -3.42. The maximum absolute atomic E-state index is 12.8. The molecule has 2 heterocycles. The van der Waals surface area contributed by atoms with Gasteiger partial charge in [0.25, 0.3) is 0 Å². The predicted octanol–water partition coefficient (Wildman–Crippen LogP) is 1.70. The maximum atomic E-state index is 12.8. The predicted molar refractivity (Wildman–Crippen MR) is 74.4 cm³/mol. The summed E-state index contributed by atoms with van der Waals surface area (Å²) in [6.07, 6.45) is 1.09. The zero-order chi connectivity index (χ0) is 14.4. The molecule has 1 aromatic heterocycles. The van der Waals surface area contributed by atoms with E-state index < -0.39 is 10.0 Å². The summed E-state index contributed by atoms with van der Waals surface area (Å²) >= 11 is 0. The first-order valence-electron chi connectivity index (χ1n) is 6.73. The van der Waals surface area contributed by atoms with Crippen molar-refractivity contribution in [2.75, 3.05) is 13.1 Å².